The number of methoxy groups -OCH3 is 1. The molecule has 0 bridgehead atoms. The first-order valence-electron chi connectivity index (χ1n) is 4.44. The molecule has 0 aliphatic heterocycles. The highest BCUT2D eigenvalue weighted by Gasteiger charge is 2.17. The van der Waals surface area contributed by atoms with E-state index >= 15 is 0 Å². The van der Waals surface area contributed by atoms with Crippen LogP contribution >= 0.6 is 0 Å². The van der Waals surface area contributed by atoms with Gasteiger partial charge < -0.3 is 14.6 Å². The highest BCUT2D eigenvalue weighted by molar-refractivity contribution is 5.74. The lowest BCUT2D eigenvalue weighted by molar-refractivity contribution is 0.173. The lowest BCUT2D eigenvalue weighted by Crippen LogP contribution is -2.42. The van der Waals surface area contributed by atoms with Gasteiger partial charge in [0.05, 0.1) is 7.11 Å². The van der Waals surface area contributed by atoms with Gasteiger partial charge in [0.25, 0.3) is 0 Å². The summed E-state index contributed by atoms with van der Waals surface area (Å²) >= 11 is 0. The second kappa shape index (κ2) is 5.66. The van der Waals surface area contributed by atoms with Crippen molar-refractivity contribution in [3.63, 3.8) is 0 Å². The molecule has 0 fully saturated rings. The Balaban J connectivity index is 2.78. The first kappa shape index (κ1) is 13.5. The van der Waals surface area contributed by atoms with Gasteiger partial charge in [-0.05, 0) is 0 Å². The molecule has 0 saturated heterocycles. The van der Waals surface area contributed by atoms with E-state index in [4.69, 9.17) is 5.11 Å². The van der Waals surface area contributed by atoms with Crippen molar-refractivity contribution >= 4 is 12.2 Å². The first-order chi connectivity index (χ1) is 8.43. The second-order valence-corrected chi connectivity index (χ2v) is 2.86. The molecular formula is C9H8F2N2O5. The smallest absolute Gasteiger partial charge is 0.431 e. The number of hydrazine groups is 1. The number of amides is 2. The zero-order valence-electron chi connectivity index (χ0n) is 8.99. The van der Waals surface area contributed by atoms with Crippen LogP contribution in [0.4, 0.5) is 18.4 Å². The standard InChI is InChI=1S/C9H8F2N2O5/c1-17-4-2-5(10)7(6(11)3-4)18-9(16)13-12-8(14)15/h2-3,12H,1H3,(H,13,16)(H,14,15). The van der Waals surface area contributed by atoms with Crippen LogP contribution in [0, 0.1) is 11.6 Å². The molecule has 0 spiro atoms. The van der Waals surface area contributed by atoms with E-state index in [1.165, 1.54) is 18.0 Å². The van der Waals surface area contributed by atoms with Crippen LogP contribution in [0.2, 0.25) is 0 Å². The second-order valence-electron chi connectivity index (χ2n) is 2.86. The number of ether oxygens (including phenoxy) is 2. The van der Waals surface area contributed by atoms with E-state index in [1.807, 2.05) is 0 Å². The fourth-order valence-electron chi connectivity index (χ4n) is 0.975. The number of carbonyl (C=O) groups is 2. The Morgan fingerprint density at radius 1 is 1.22 bits per heavy atom. The Bertz CT molecular complexity index is 457. The minimum absolute atomic E-state index is 0.0959. The summed E-state index contributed by atoms with van der Waals surface area (Å²) in [4.78, 5) is 21.0. The molecule has 2 amide bonds. The maximum atomic E-state index is 13.3. The molecule has 1 aromatic rings. The van der Waals surface area contributed by atoms with Crippen LogP contribution in [0.3, 0.4) is 0 Å². The van der Waals surface area contributed by atoms with Crippen molar-refractivity contribution in [2.24, 2.45) is 0 Å². The third-order valence-corrected chi connectivity index (χ3v) is 1.67. The average Bonchev–Trinajstić information content (AvgIpc) is 2.30. The highest BCUT2D eigenvalue weighted by Crippen LogP contribution is 2.26. The first-order valence-corrected chi connectivity index (χ1v) is 4.44. The molecule has 0 aliphatic carbocycles. The maximum absolute atomic E-state index is 13.3. The minimum atomic E-state index is -1.57. The number of halogens is 2. The van der Waals surface area contributed by atoms with Gasteiger partial charge in [-0.2, -0.15) is 0 Å². The molecule has 0 radical (unpaired) electrons. The Morgan fingerprint density at radius 2 is 1.78 bits per heavy atom. The summed E-state index contributed by atoms with van der Waals surface area (Å²) in [6, 6.07) is 1.60. The normalized spacial score (nSPS) is 9.50. The third-order valence-electron chi connectivity index (χ3n) is 1.67. The van der Waals surface area contributed by atoms with Crippen LogP contribution in [-0.4, -0.2) is 24.4 Å². The van der Waals surface area contributed by atoms with E-state index < -0.39 is 29.6 Å². The van der Waals surface area contributed by atoms with E-state index in [9.17, 15) is 18.4 Å². The van der Waals surface area contributed by atoms with Crippen molar-refractivity contribution in [3.8, 4) is 11.5 Å². The van der Waals surface area contributed by atoms with E-state index in [0.717, 1.165) is 12.1 Å². The van der Waals surface area contributed by atoms with Gasteiger partial charge in [0.2, 0.25) is 5.75 Å². The third kappa shape index (κ3) is 3.47. The molecule has 18 heavy (non-hydrogen) atoms. The number of rotatable bonds is 2. The summed E-state index contributed by atoms with van der Waals surface area (Å²) in [7, 11) is 1.21. The largest absolute Gasteiger partial charge is 0.497 e. The van der Waals surface area contributed by atoms with Gasteiger partial charge in [0.15, 0.2) is 11.6 Å². The fraction of sp³-hybridized carbons (Fsp3) is 0.111. The van der Waals surface area contributed by atoms with Gasteiger partial charge in [-0.15, -0.1) is 0 Å². The number of nitrogens with one attached hydrogen (secondary N) is 2. The monoisotopic (exact) mass is 262 g/mol. The van der Waals surface area contributed by atoms with E-state index in [-0.39, 0.29) is 5.75 Å². The summed E-state index contributed by atoms with van der Waals surface area (Å²) in [5, 5.41) is 8.16. The summed E-state index contributed by atoms with van der Waals surface area (Å²) < 4.78 is 35.4. The van der Waals surface area contributed by atoms with Crippen molar-refractivity contribution in [3.05, 3.63) is 23.8 Å². The molecule has 3 N–H and O–H groups in total. The molecule has 7 nitrogen and oxygen atoms in total. The van der Waals surface area contributed by atoms with Gasteiger partial charge >= 0.3 is 12.2 Å². The quantitative estimate of drug-likeness (QED) is 0.697. The van der Waals surface area contributed by atoms with Gasteiger partial charge in [0.1, 0.15) is 5.75 Å². The number of hydrogen-bond acceptors (Lipinski definition) is 4. The lowest BCUT2D eigenvalue weighted by Gasteiger charge is -2.08. The van der Waals surface area contributed by atoms with Crippen molar-refractivity contribution in [2.75, 3.05) is 7.11 Å². The molecule has 0 unspecified atom stereocenters. The molecule has 0 saturated carbocycles. The van der Waals surface area contributed by atoms with Crippen LogP contribution in [0.5, 0.6) is 11.5 Å². The zero-order chi connectivity index (χ0) is 13.7. The molecule has 0 aliphatic rings. The summed E-state index contributed by atoms with van der Waals surface area (Å²) in [6.07, 6.45) is -2.96. The molecule has 1 aromatic carbocycles. The summed E-state index contributed by atoms with van der Waals surface area (Å²) in [5.74, 6) is -3.41. The van der Waals surface area contributed by atoms with Crippen molar-refractivity contribution < 1.29 is 33.0 Å². The van der Waals surface area contributed by atoms with Gasteiger partial charge in [-0.1, -0.05) is 0 Å². The number of hydrogen-bond donors (Lipinski definition) is 3. The van der Waals surface area contributed by atoms with Crippen molar-refractivity contribution in [2.45, 2.75) is 0 Å². The number of carbonyl (C=O) groups excluding carboxylic acids is 1. The van der Waals surface area contributed by atoms with Crippen molar-refractivity contribution in [1.29, 1.82) is 0 Å². The molecule has 0 atom stereocenters. The van der Waals surface area contributed by atoms with Crippen LogP contribution < -0.4 is 20.3 Å². The van der Waals surface area contributed by atoms with Crippen LogP contribution in [0.1, 0.15) is 0 Å². The van der Waals surface area contributed by atoms with Crippen LogP contribution in [0.25, 0.3) is 0 Å². The number of carboxylic acid groups (broad SMARTS) is 1. The van der Waals surface area contributed by atoms with Crippen LogP contribution in [-0.2, 0) is 0 Å². The van der Waals surface area contributed by atoms with E-state index in [1.54, 1.807) is 0 Å². The Hall–Kier alpha value is -2.58. The topological polar surface area (TPSA) is 96.9 Å². The fourth-order valence-corrected chi connectivity index (χ4v) is 0.975. The molecule has 0 aromatic heterocycles. The highest BCUT2D eigenvalue weighted by atomic mass is 19.1. The lowest BCUT2D eigenvalue weighted by atomic mass is 10.3. The predicted octanol–water partition coefficient (Wildman–Crippen LogP) is 1.24. The predicted molar refractivity (Wildman–Crippen MR) is 53.2 cm³/mol. The Labute approximate surface area is 99.3 Å². The molecule has 9 heteroatoms. The van der Waals surface area contributed by atoms with Crippen LogP contribution in [0.15, 0.2) is 12.1 Å². The summed E-state index contributed by atoms with van der Waals surface area (Å²) in [6.45, 7) is 0. The Kier molecular flexibility index (Phi) is 4.24. The number of benzene rings is 1. The maximum Gasteiger partial charge on any atom is 0.431 e. The molecule has 98 valence electrons. The van der Waals surface area contributed by atoms with E-state index in [0.29, 0.717) is 0 Å². The van der Waals surface area contributed by atoms with E-state index in [2.05, 4.69) is 9.47 Å². The SMILES string of the molecule is COc1cc(F)c(OC(=O)NNC(=O)O)c(F)c1. The van der Waals surface area contributed by atoms with Gasteiger partial charge in [-0.25, -0.2) is 29.2 Å². The van der Waals surface area contributed by atoms with Gasteiger partial charge in [-0.3, -0.25) is 0 Å². The van der Waals surface area contributed by atoms with Gasteiger partial charge in [0, 0.05) is 12.1 Å². The zero-order valence-corrected chi connectivity index (χ0v) is 8.99. The summed E-state index contributed by atoms with van der Waals surface area (Å²) in [5.41, 5.74) is 2.99. The molecular weight excluding hydrogens is 254 g/mol. The average molecular weight is 262 g/mol. The van der Waals surface area contributed by atoms with Crippen molar-refractivity contribution in [1.82, 2.24) is 10.9 Å². The minimum Gasteiger partial charge on any atom is -0.497 e. The molecule has 1 rings (SSSR count). The molecule has 0 heterocycles. The Morgan fingerprint density at radius 3 is 2.22 bits per heavy atom.